The molecule has 1 aromatic rings. The zero-order chi connectivity index (χ0) is 8.69. The molecular weight excluding hydrogens is 138 g/mol. The van der Waals surface area contributed by atoms with E-state index in [9.17, 15) is 4.79 Å². The van der Waals surface area contributed by atoms with Crippen molar-refractivity contribution >= 4 is 5.91 Å². The van der Waals surface area contributed by atoms with Gasteiger partial charge in [0, 0.05) is 5.56 Å². The van der Waals surface area contributed by atoms with Gasteiger partial charge in [0.05, 0.1) is 0 Å². The molecule has 56 valence electrons. The number of rotatable bonds is 1. The average Bonchev–Trinajstić information content (AvgIpc) is 2.10. The number of terminal acetylenes is 1. The number of nitrogens with two attached hydrogens (primary N) is 1. The first-order chi connectivity index (χ1) is 5.30. The van der Waals surface area contributed by atoms with Crippen LogP contribution in [-0.4, -0.2) is 5.91 Å². The van der Waals surface area contributed by atoms with Crippen molar-refractivity contribution in [2.24, 2.45) is 5.73 Å². The van der Waals surface area contributed by atoms with Gasteiger partial charge in [-0.3, -0.25) is 4.79 Å². The molecule has 2 N–H and O–H groups in total. The van der Waals surface area contributed by atoms with Crippen LogP contribution in [0.5, 0.6) is 0 Å². The van der Waals surface area contributed by atoms with Crippen LogP contribution in [0.15, 0.2) is 30.3 Å². The maximum atomic E-state index is 10.4. The molecule has 0 saturated heterocycles. The van der Waals surface area contributed by atoms with E-state index in [0.29, 0.717) is 5.56 Å². The standard InChI is InChI=1S/C7H7NO.C2H2/c8-7(9)6-4-2-1-3-5-6;1-2/h1-5H,(H2,8,9);1-2H. The van der Waals surface area contributed by atoms with Crippen LogP contribution in [0.2, 0.25) is 0 Å². The van der Waals surface area contributed by atoms with Gasteiger partial charge < -0.3 is 5.73 Å². The molecule has 0 heterocycles. The van der Waals surface area contributed by atoms with Crippen molar-refractivity contribution in [3.8, 4) is 12.8 Å². The number of primary amides is 1. The van der Waals surface area contributed by atoms with Crippen molar-refractivity contribution in [2.75, 3.05) is 0 Å². The fourth-order valence-electron chi connectivity index (χ4n) is 0.602. The number of hydrogen-bond acceptors (Lipinski definition) is 1. The second-order valence-corrected chi connectivity index (χ2v) is 1.73. The van der Waals surface area contributed by atoms with Gasteiger partial charge in [0.25, 0.3) is 0 Å². The molecule has 0 aliphatic rings. The molecule has 0 aromatic heterocycles. The molecule has 0 spiro atoms. The molecule has 1 rings (SSSR count). The van der Waals surface area contributed by atoms with Crippen LogP contribution in [-0.2, 0) is 0 Å². The number of hydrogen-bond donors (Lipinski definition) is 1. The van der Waals surface area contributed by atoms with Crippen molar-refractivity contribution in [3.63, 3.8) is 0 Å². The summed E-state index contributed by atoms with van der Waals surface area (Å²) in [5.41, 5.74) is 5.53. The molecule has 0 radical (unpaired) electrons. The molecule has 0 bridgehead atoms. The summed E-state index contributed by atoms with van der Waals surface area (Å²) in [6.07, 6.45) is 8.00. The van der Waals surface area contributed by atoms with Gasteiger partial charge in [-0.05, 0) is 12.1 Å². The lowest BCUT2D eigenvalue weighted by molar-refractivity contribution is 0.100. The number of amides is 1. The normalized spacial score (nSPS) is 7.45. The Morgan fingerprint density at radius 3 is 1.91 bits per heavy atom. The minimum Gasteiger partial charge on any atom is -0.366 e. The SMILES string of the molecule is C#C.NC(=O)c1ccccc1. The van der Waals surface area contributed by atoms with Gasteiger partial charge in [0.1, 0.15) is 0 Å². The minimum absolute atomic E-state index is 0.379. The average molecular weight is 147 g/mol. The number of carbonyl (C=O) groups is 1. The zero-order valence-corrected chi connectivity index (χ0v) is 6.03. The van der Waals surface area contributed by atoms with Crippen LogP contribution in [0.25, 0.3) is 0 Å². The Morgan fingerprint density at radius 2 is 1.64 bits per heavy atom. The summed E-state index contributed by atoms with van der Waals surface area (Å²) >= 11 is 0. The Balaban J connectivity index is 0.000000461. The summed E-state index contributed by atoms with van der Waals surface area (Å²) in [7, 11) is 0. The van der Waals surface area contributed by atoms with Crippen molar-refractivity contribution in [3.05, 3.63) is 35.9 Å². The van der Waals surface area contributed by atoms with E-state index in [1.54, 1.807) is 24.3 Å². The van der Waals surface area contributed by atoms with Gasteiger partial charge in [-0.15, -0.1) is 12.8 Å². The zero-order valence-electron chi connectivity index (χ0n) is 6.03. The minimum atomic E-state index is -0.379. The van der Waals surface area contributed by atoms with E-state index in [2.05, 4.69) is 12.8 Å². The van der Waals surface area contributed by atoms with Crippen molar-refractivity contribution < 1.29 is 4.79 Å². The van der Waals surface area contributed by atoms with Crippen LogP contribution in [0, 0.1) is 12.8 Å². The second kappa shape index (κ2) is 5.07. The van der Waals surface area contributed by atoms with Gasteiger partial charge in [-0.2, -0.15) is 0 Å². The maximum absolute atomic E-state index is 10.4. The van der Waals surface area contributed by atoms with Crippen LogP contribution in [0.1, 0.15) is 10.4 Å². The highest BCUT2D eigenvalue weighted by molar-refractivity contribution is 5.92. The van der Waals surface area contributed by atoms with Crippen LogP contribution in [0.4, 0.5) is 0 Å². The topological polar surface area (TPSA) is 43.1 Å². The first kappa shape index (κ1) is 9.25. The van der Waals surface area contributed by atoms with Gasteiger partial charge in [-0.25, -0.2) is 0 Å². The molecular formula is C9H9NO. The van der Waals surface area contributed by atoms with E-state index >= 15 is 0 Å². The third kappa shape index (κ3) is 3.07. The van der Waals surface area contributed by atoms with E-state index in [0.717, 1.165) is 0 Å². The summed E-state index contributed by atoms with van der Waals surface area (Å²) in [5.74, 6) is -0.379. The predicted molar refractivity (Wildman–Crippen MR) is 44.8 cm³/mol. The van der Waals surface area contributed by atoms with Crippen LogP contribution < -0.4 is 5.73 Å². The highest BCUT2D eigenvalue weighted by Gasteiger charge is 1.93. The molecule has 0 atom stereocenters. The molecule has 11 heavy (non-hydrogen) atoms. The summed E-state index contributed by atoms with van der Waals surface area (Å²) in [6, 6.07) is 8.76. The van der Waals surface area contributed by atoms with E-state index in [1.165, 1.54) is 0 Å². The first-order valence-corrected chi connectivity index (χ1v) is 2.99. The summed E-state index contributed by atoms with van der Waals surface area (Å²) in [4.78, 5) is 10.4. The van der Waals surface area contributed by atoms with Crippen LogP contribution >= 0.6 is 0 Å². The van der Waals surface area contributed by atoms with Crippen molar-refractivity contribution in [1.29, 1.82) is 0 Å². The lowest BCUT2D eigenvalue weighted by Crippen LogP contribution is -2.09. The summed E-state index contributed by atoms with van der Waals surface area (Å²) in [6.45, 7) is 0. The largest absolute Gasteiger partial charge is 0.366 e. The fourth-order valence-corrected chi connectivity index (χ4v) is 0.602. The second-order valence-electron chi connectivity index (χ2n) is 1.73. The first-order valence-electron chi connectivity index (χ1n) is 2.99. The quantitative estimate of drug-likeness (QED) is 0.592. The fraction of sp³-hybridized carbons (Fsp3) is 0. The van der Waals surface area contributed by atoms with Gasteiger partial charge in [-0.1, -0.05) is 18.2 Å². The third-order valence-electron chi connectivity index (χ3n) is 1.06. The Hall–Kier alpha value is -1.75. The molecule has 0 aliphatic heterocycles. The summed E-state index contributed by atoms with van der Waals surface area (Å²) < 4.78 is 0. The Bertz CT molecular complexity index is 238. The lowest BCUT2D eigenvalue weighted by atomic mass is 10.2. The van der Waals surface area contributed by atoms with E-state index in [-0.39, 0.29) is 5.91 Å². The smallest absolute Gasteiger partial charge is 0.248 e. The molecule has 2 nitrogen and oxygen atoms in total. The van der Waals surface area contributed by atoms with Crippen LogP contribution in [0.3, 0.4) is 0 Å². The molecule has 1 aromatic carbocycles. The highest BCUT2D eigenvalue weighted by atomic mass is 16.1. The molecule has 0 aliphatic carbocycles. The third-order valence-corrected chi connectivity index (χ3v) is 1.06. The molecule has 2 heteroatoms. The van der Waals surface area contributed by atoms with E-state index in [4.69, 9.17) is 5.73 Å². The lowest BCUT2D eigenvalue weighted by Gasteiger charge is -1.89. The Labute approximate surface area is 66.0 Å². The molecule has 0 saturated carbocycles. The summed E-state index contributed by atoms with van der Waals surface area (Å²) in [5, 5.41) is 0. The van der Waals surface area contributed by atoms with Crippen molar-refractivity contribution in [1.82, 2.24) is 0 Å². The number of carbonyl (C=O) groups excluding carboxylic acids is 1. The van der Waals surface area contributed by atoms with Crippen molar-refractivity contribution in [2.45, 2.75) is 0 Å². The van der Waals surface area contributed by atoms with E-state index in [1.807, 2.05) is 6.07 Å². The predicted octanol–water partition coefficient (Wildman–Crippen LogP) is 1.03. The molecule has 0 fully saturated rings. The highest BCUT2D eigenvalue weighted by Crippen LogP contribution is 1.94. The van der Waals surface area contributed by atoms with Gasteiger partial charge in [0.15, 0.2) is 0 Å². The molecule has 1 amide bonds. The maximum Gasteiger partial charge on any atom is 0.248 e. The monoisotopic (exact) mass is 147 g/mol. The van der Waals surface area contributed by atoms with Gasteiger partial charge >= 0.3 is 0 Å². The van der Waals surface area contributed by atoms with E-state index < -0.39 is 0 Å². The Kier molecular flexibility index (Phi) is 4.26. The van der Waals surface area contributed by atoms with Gasteiger partial charge in [0.2, 0.25) is 5.91 Å². The molecule has 0 unspecified atom stereocenters. The Morgan fingerprint density at radius 1 is 1.18 bits per heavy atom. The number of benzene rings is 1.